The van der Waals surface area contributed by atoms with Crippen LogP contribution in [0.25, 0.3) is 16.2 Å². The minimum atomic E-state index is 0.0339. The maximum atomic E-state index is 12.9. The smallest absolute Gasteiger partial charge is 0.252 e. The zero-order valence-electron chi connectivity index (χ0n) is 16.9. The molecule has 4 heterocycles. The number of fused-ring (bicyclic) bond motifs is 2. The molecule has 150 valence electrons. The third-order valence-electron chi connectivity index (χ3n) is 6.14. The number of likely N-dealkylation sites (tertiary alicyclic amines) is 1. The number of carbonyl (C=O) groups is 1. The number of amides is 1. The quantitative estimate of drug-likeness (QED) is 0.733. The molecule has 0 aliphatic carbocycles. The summed E-state index contributed by atoms with van der Waals surface area (Å²) in [6.45, 7) is 5.57. The molecule has 1 amide bonds. The molecular weight excluding hydrogens is 381 g/mol. The van der Waals surface area contributed by atoms with E-state index in [0.29, 0.717) is 14.5 Å². The van der Waals surface area contributed by atoms with E-state index in [4.69, 9.17) is 4.99 Å². The Hall–Kier alpha value is -2.30. The van der Waals surface area contributed by atoms with Gasteiger partial charge in [0, 0.05) is 43.0 Å². The number of hydrogen-bond donors (Lipinski definition) is 0. The predicted molar refractivity (Wildman–Crippen MR) is 119 cm³/mol. The summed E-state index contributed by atoms with van der Waals surface area (Å²) in [7, 11) is 2.42. The molecule has 5 rings (SSSR count). The van der Waals surface area contributed by atoms with Gasteiger partial charge < -0.3 is 9.80 Å². The molecule has 0 spiro atoms. The van der Waals surface area contributed by atoms with Gasteiger partial charge in [-0.1, -0.05) is 21.6 Å². The Morgan fingerprint density at radius 1 is 1.24 bits per heavy atom. The van der Waals surface area contributed by atoms with Crippen molar-refractivity contribution in [2.75, 3.05) is 19.6 Å². The summed E-state index contributed by atoms with van der Waals surface area (Å²) in [4.78, 5) is 22.1. The van der Waals surface area contributed by atoms with Gasteiger partial charge in [-0.05, 0) is 55.5 Å². The van der Waals surface area contributed by atoms with Crippen molar-refractivity contribution in [2.24, 2.45) is 18.0 Å². The summed E-state index contributed by atoms with van der Waals surface area (Å²) in [5.41, 5.74) is 3.15. The molecule has 0 saturated carbocycles. The van der Waals surface area contributed by atoms with Crippen LogP contribution in [-0.2, 0) is 11.8 Å². The van der Waals surface area contributed by atoms with Crippen LogP contribution in [0, 0.1) is 5.92 Å². The molecule has 1 aromatic carbocycles. The molecule has 29 heavy (non-hydrogen) atoms. The first-order chi connectivity index (χ1) is 14.1. The monoisotopic (exact) mass is 407 g/mol. The topological polar surface area (TPSA) is 53.7 Å². The molecule has 7 heteroatoms. The zero-order valence-corrected chi connectivity index (χ0v) is 17.9. The third-order valence-corrected chi connectivity index (χ3v) is 7.61. The van der Waals surface area contributed by atoms with Crippen molar-refractivity contribution < 1.29 is 4.79 Å². The first kappa shape index (κ1) is 18.7. The second-order valence-electron chi connectivity index (χ2n) is 8.01. The molecule has 0 bridgehead atoms. The highest BCUT2D eigenvalue weighted by Gasteiger charge is 2.31. The highest BCUT2D eigenvalue weighted by molar-refractivity contribution is 7.52. The summed E-state index contributed by atoms with van der Waals surface area (Å²) in [6.07, 6.45) is 10.1. The molecule has 3 aliphatic rings. The Morgan fingerprint density at radius 3 is 2.86 bits per heavy atom. The van der Waals surface area contributed by atoms with Gasteiger partial charge >= 0.3 is 0 Å². The summed E-state index contributed by atoms with van der Waals surface area (Å²) < 4.78 is 1.82. The lowest BCUT2D eigenvalue weighted by Gasteiger charge is -2.36. The van der Waals surface area contributed by atoms with E-state index in [1.54, 1.807) is 6.08 Å². The Kier molecular flexibility index (Phi) is 4.84. The van der Waals surface area contributed by atoms with Gasteiger partial charge in [0.15, 0.2) is 0 Å². The Bertz CT molecular complexity index is 1040. The van der Waals surface area contributed by atoms with E-state index < -0.39 is 0 Å². The zero-order chi connectivity index (χ0) is 20.0. The van der Waals surface area contributed by atoms with Crippen LogP contribution >= 0.6 is 8.58 Å². The summed E-state index contributed by atoms with van der Waals surface area (Å²) in [6, 6.07) is 6.23. The van der Waals surface area contributed by atoms with Gasteiger partial charge in [-0.2, -0.15) is 5.10 Å². The van der Waals surface area contributed by atoms with Gasteiger partial charge in [0.1, 0.15) is 0 Å². The van der Waals surface area contributed by atoms with Gasteiger partial charge in [-0.15, -0.1) is 0 Å². The fourth-order valence-corrected chi connectivity index (χ4v) is 5.77. The van der Waals surface area contributed by atoms with Crippen molar-refractivity contribution in [3.8, 4) is 0 Å². The minimum absolute atomic E-state index is 0.0339. The SMILES string of the molecule is CCN1CCC(C2=CN3C(=O)C=C(c4ccc5nn(C)cc5c4)PC3C=N2)CC1. The number of piperidine rings is 1. The van der Waals surface area contributed by atoms with E-state index in [-0.39, 0.29) is 11.7 Å². The van der Waals surface area contributed by atoms with Crippen molar-refractivity contribution in [1.82, 2.24) is 19.6 Å². The molecule has 1 fully saturated rings. The maximum absolute atomic E-state index is 12.9. The molecule has 2 atom stereocenters. The van der Waals surface area contributed by atoms with Crippen molar-refractivity contribution in [1.29, 1.82) is 0 Å². The van der Waals surface area contributed by atoms with Crippen LogP contribution in [0.3, 0.4) is 0 Å². The molecule has 6 nitrogen and oxygen atoms in total. The van der Waals surface area contributed by atoms with E-state index in [1.807, 2.05) is 41.3 Å². The Labute approximate surface area is 172 Å². The molecule has 1 saturated heterocycles. The van der Waals surface area contributed by atoms with Crippen molar-refractivity contribution >= 4 is 36.9 Å². The van der Waals surface area contributed by atoms with Gasteiger partial charge in [0.25, 0.3) is 5.91 Å². The lowest BCUT2D eigenvalue weighted by Crippen LogP contribution is -2.39. The lowest BCUT2D eigenvalue weighted by molar-refractivity contribution is -0.123. The van der Waals surface area contributed by atoms with Crippen molar-refractivity contribution in [3.05, 3.63) is 47.9 Å². The number of benzene rings is 1. The fraction of sp³-hybridized carbons (Fsp3) is 0.409. The standard InChI is InChI=1S/C22H26N5OP/c1-3-26-8-6-15(7-9-26)19-14-27-21(28)11-20(29-22(27)12-23-19)16-4-5-18-17(10-16)13-25(2)24-18/h4-5,10-15,22,29H,3,6-9H2,1-2H3. The first-order valence-electron chi connectivity index (χ1n) is 10.3. The first-order valence-corrected chi connectivity index (χ1v) is 11.4. The average molecular weight is 407 g/mol. The molecule has 1 aromatic heterocycles. The van der Waals surface area contributed by atoms with Crippen LogP contribution in [0.1, 0.15) is 25.3 Å². The van der Waals surface area contributed by atoms with Crippen molar-refractivity contribution in [2.45, 2.75) is 25.5 Å². The average Bonchev–Trinajstić information content (AvgIpc) is 3.12. The van der Waals surface area contributed by atoms with Crippen LogP contribution in [0.4, 0.5) is 0 Å². The van der Waals surface area contributed by atoms with Crippen LogP contribution in [-0.4, -0.2) is 57.1 Å². The maximum Gasteiger partial charge on any atom is 0.252 e. The van der Waals surface area contributed by atoms with Crippen molar-refractivity contribution in [3.63, 3.8) is 0 Å². The Balaban J connectivity index is 1.37. The van der Waals surface area contributed by atoms with E-state index in [1.165, 1.54) is 0 Å². The largest absolute Gasteiger partial charge is 0.304 e. The van der Waals surface area contributed by atoms with E-state index in [2.05, 4.69) is 29.1 Å². The van der Waals surface area contributed by atoms with E-state index in [0.717, 1.165) is 60.0 Å². The minimum Gasteiger partial charge on any atom is -0.304 e. The molecule has 0 N–H and O–H groups in total. The number of nitrogens with zero attached hydrogens (tertiary/aromatic N) is 5. The number of hydrogen-bond acceptors (Lipinski definition) is 4. The Morgan fingerprint density at radius 2 is 2.07 bits per heavy atom. The predicted octanol–water partition coefficient (Wildman–Crippen LogP) is 3.42. The van der Waals surface area contributed by atoms with Gasteiger partial charge in [0.05, 0.1) is 17.0 Å². The number of carbonyl (C=O) groups excluding carboxylic acids is 1. The van der Waals surface area contributed by atoms with Crippen LogP contribution in [0.5, 0.6) is 0 Å². The molecular formula is C22H26N5OP. The van der Waals surface area contributed by atoms with Gasteiger partial charge in [0.2, 0.25) is 0 Å². The highest BCUT2D eigenvalue weighted by Crippen LogP contribution is 2.44. The van der Waals surface area contributed by atoms with Gasteiger partial charge in [-0.3, -0.25) is 14.5 Å². The van der Waals surface area contributed by atoms with E-state index >= 15 is 0 Å². The van der Waals surface area contributed by atoms with Crippen LogP contribution in [0.15, 0.2) is 47.4 Å². The third kappa shape index (κ3) is 3.56. The number of aliphatic imine (C=N–C) groups is 1. The van der Waals surface area contributed by atoms with E-state index in [9.17, 15) is 4.79 Å². The van der Waals surface area contributed by atoms with Crippen LogP contribution < -0.4 is 0 Å². The number of aromatic nitrogens is 2. The summed E-state index contributed by atoms with van der Waals surface area (Å²) in [5, 5.41) is 6.63. The van der Waals surface area contributed by atoms with Gasteiger partial charge in [-0.25, -0.2) is 0 Å². The number of aryl methyl sites for hydroxylation is 1. The second kappa shape index (κ2) is 7.51. The lowest BCUT2D eigenvalue weighted by atomic mass is 9.93. The highest BCUT2D eigenvalue weighted by atomic mass is 31.1. The number of allylic oxidation sites excluding steroid dienone is 1. The summed E-state index contributed by atoms with van der Waals surface area (Å²) >= 11 is 0. The molecule has 0 radical (unpaired) electrons. The summed E-state index contributed by atoms with van der Waals surface area (Å²) in [5.74, 6) is 0.556. The second-order valence-corrected chi connectivity index (χ2v) is 9.43. The van der Waals surface area contributed by atoms with Crippen LogP contribution in [0.2, 0.25) is 0 Å². The fourth-order valence-electron chi connectivity index (χ4n) is 4.43. The number of rotatable bonds is 3. The normalized spacial score (nSPS) is 24.1. The molecule has 2 unspecified atom stereocenters. The molecule has 2 aromatic rings. The molecule has 3 aliphatic heterocycles.